The van der Waals surface area contributed by atoms with Gasteiger partial charge in [0.15, 0.2) is 5.58 Å². The summed E-state index contributed by atoms with van der Waals surface area (Å²) in [5.74, 6) is -0.0329. The number of aromatic nitrogens is 1. The van der Waals surface area contributed by atoms with E-state index in [1.165, 1.54) is 19.3 Å². The zero-order valence-electron chi connectivity index (χ0n) is 18.2. The van der Waals surface area contributed by atoms with Gasteiger partial charge in [-0.1, -0.05) is 12.5 Å². The number of piperidine rings is 2. The number of fused-ring (bicyclic) bond motifs is 3. The molecule has 2 N–H and O–H groups in total. The zero-order chi connectivity index (χ0) is 20.8. The molecule has 30 heavy (non-hydrogen) atoms. The van der Waals surface area contributed by atoms with Crippen LogP contribution in [0.25, 0.3) is 11.1 Å². The van der Waals surface area contributed by atoms with Gasteiger partial charge in [-0.15, -0.1) is 0 Å². The molecule has 3 aliphatic rings. The largest absolute Gasteiger partial charge is 0.423 e. The van der Waals surface area contributed by atoms with Crippen molar-refractivity contribution in [2.24, 2.45) is 0 Å². The highest BCUT2D eigenvalue weighted by Gasteiger charge is 2.37. The van der Waals surface area contributed by atoms with Crippen molar-refractivity contribution < 1.29 is 9.21 Å². The van der Waals surface area contributed by atoms with Crippen molar-refractivity contribution in [3.63, 3.8) is 0 Å². The molecule has 5 rings (SSSR count). The number of rotatable bonds is 3. The maximum absolute atomic E-state index is 13.2. The third kappa shape index (κ3) is 3.48. The molecule has 2 bridgehead atoms. The number of oxazole rings is 1. The van der Waals surface area contributed by atoms with Crippen LogP contribution >= 0.6 is 0 Å². The molecule has 4 atom stereocenters. The van der Waals surface area contributed by atoms with Crippen molar-refractivity contribution in [1.29, 1.82) is 0 Å². The number of carbonyl (C=O) groups excluding carboxylic acids is 1. The number of carbonyl (C=O) groups is 1. The van der Waals surface area contributed by atoms with E-state index < -0.39 is 0 Å². The predicted octanol–water partition coefficient (Wildman–Crippen LogP) is 2.76. The van der Waals surface area contributed by atoms with Gasteiger partial charge in [0.1, 0.15) is 5.52 Å². The predicted molar refractivity (Wildman–Crippen MR) is 118 cm³/mol. The maximum Gasteiger partial charge on any atom is 0.298 e. The van der Waals surface area contributed by atoms with E-state index >= 15 is 0 Å². The molecule has 1 aromatic carbocycles. The Labute approximate surface area is 178 Å². The Morgan fingerprint density at radius 3 is 2.57 bits per heavy atom. The lowest BCUT2D eigenvalue weighted by atomic mass is 9.82. The minimum Gasteiger partial charge on any atom is -0.423 e. The molecule has 1 amide bonds. The van der Waals surface area contributed by atoms with Gasteiger partial charge in [0, 0.05) is 43.3 Å². The van der Waals surface area contributed by atoms with Gasteiger partial charge in [0.25, 0.3) is 11.9 Å². The number of benzene rings is 1. The first-order chi connectivity index (χ1) is 14.5. The summed E-state index contributed by atoms with van der Waals surface area (Å²) in [6, 6.07) is 8.26. The lowest BCUT2D eigenvalue weighted by Crippen LogP contribution is -2.55. The van der Waals surface area contributed by atoms with E-state index in [1.54, 1.807) is 0 Å². The van der Waals surface area contributed by atoms with Crippen LogP contribution in [0.15, 0.2) is 22.6 Å². The normalized spacial score (nSPS) is 32.4. The Balaban J connectivity index is 1.38. The molecule has 3 aliphatic heterocycles. The SMILES string of the molecule is C[C@@H]1CNC[C@@H](C)N1c1nc2c(C(=O)NC3CC4CCCC(C3)N4C)cccc2o1. The van der Waals surface area contributed by atoms with Gasteiger partial charge in [-0.2, -0.15) is 4.98 Å². The molecule has 3 saturated heterocycles. The van der Waals surface area contributed by atoms with E-state index in [2.05, 4.69) is 41.3 Å². The highest BCUT2D eigenvalue weighted by atomic mass is 16.4. The van der Waals surface area contributed by atoms with Gasteiger partial charge in [-0.3, -0.25) is 4.79 Å². The van der Waals surface area contributed by atoms with Gasteiger partial charge in [0.2, 0.25) is 0 Å². The number of nitrogens with one attached hydrogen (secondary N) is 2. The van der Waals surface area contributed by atoms with Crippen LogP contribution in [0.4, 0.5) is 6.01 Å². The summed E-state index contributed by atoms with van der Waals surface area (Å²) in [6.45, 7) is 6.13. The quantitative estimate of drug-likeness (QED) is 0.809. The Morgan fingerprint density at radius 2 is 1.87 bits per heavy atom. The lowest BCUT2D eigenvalue weighted by Gasteiger charge is -2.47. The van der Waals surface area contributed by atoms with Gasteiger partial charge < -0.3 is 24.9 Å². The molecule has 2 unspecified atom stereocenters. The van der Waals surface area contributed by atoms with Crippen molar-refractivity contribution in [2.45, 2.75) is 76.2 Å². The van der Waals surface area contributed by atoms with Crippen molar-refractivity contribution in [2.75, 3.05) is 25.0 Å². The van der Waals surface area contributed by atoms with E-state index in [0.29, 0.717) is 34.8 Å². The van der Waals surface area contributed by atoms with Gasteiger partial charge >= 0.3 is 0 Å². The van der Waals surface area contributed by atoms with E-state index in [-0.39, 0.29) is 24.0 Å². The second-order valence-electron chi connectivity index (χ2n) is 9.46. The molecule has 4 heterocycles. The number of nitrogens with zero attached hydrogens (tertiary/aromatic N) is 3. The van der Waals surface area contributed by atoms with Crippen LogP contribution in [0, 0.1) is 0 Å². The Morgan fingerprint density at radius 1 is 1.17 bits per heavy atom. The molecule has 0 aliphatic carbocycles. The van der Waals surface area contributed by atoms with Crippen LogP contribution in [-0.4, -0.2) is 66.1 Å². The number of piperazine rings is 1. The summed E-state index contributed by atoms with van der Waals surface area (Å²) in [6.07, 6.45) is 5.86. The Bertz CT molecular complexity index is 903. The molecular weight excluding hydrogens is 378 g/mol. The first-order valence-electron chi connectivity index (χ1n) is 11.4. The summed E-state index contributed by atoms with van der Waals surface area (Å²) >= 11 is 0. The van der Waals surface area contributed by atoms with Crippen molar-refractivity contribution in [1.82, 2.24) is 20.5 Å². The molecule has 0 spiro atoms. The Kier molecular flexibility index (Phi) is 5.19. The minimum absolute atomic E-state index is 0.0329. The zero-order valence-corrected chi connectivity index (χ0v) is 18.2. The fourth-order valence-electron chi connectivity index (χ4n) is 5.74. The molecule has 7 nitrogen and oxygen atoms in total. The average Bonchev–Trinajstić information content (AvgIpc) is 3.12. The fraction of sp³-hybridized carbons (Fsp3) is 0.652. The molecular formula is C23H33N5O2. The Hall–Kier alpha value is -2.12. The highest BCUT2D eigenvalue weighted by Crippen LogP contribution is 2.33. The number of hydrogen-bond acceptors (Lipinski definition) is 6. The highest BCUT2D eigenvalue weighted by molar-refractivity contribution is 6.04. The standard InChI is InChI=1S/C23H33N5O2/c1-14-12-24-13-15(2)28(14)23-26-21-19(8-5-9-20(21)30-23)22(29)25-16-10-17-6-4-7-18(11-16)27(17)3/h5,8-9,14-18,24H,4,6-7,10-13H2,1-3H3,(H,25,29)/t14-,15-,16?,17?,18?/m1/s1. The summed E-state index contributed by atoms with van der Waals surface area (Å²) in [5.41, 5.74) is 1.95. The average molecular weight is 412 g/mol. The first kappa shape index (κ1) is 19.8. The van der Waals surface area contributed by atoms with Crippen LogP contribution in [0.1, 0.15) is 56.3 Å². The van der Waals surface area contributed by atoms with Crippen LogP contribution < -0.4 is 15.5 Å². The molecule has 3 fully saturated rings. The second-order valence-corrected chi connectivity index (χ2v) is 9.46. The first-order valence-corrected chi connectivity index (χ1v) is 11.4. The monoisotopic (exact) mass is 411 g/mol. The van der Waals surface area contributed by atoms with Gasteiger partial charge in [-0.25, -0.2) is 0 Å². The number of amides is 1. The van der Waals surface area contributed by atoms with Crippen molar-refractivity contribution in [3.8, 4) is 0 Å². The smallest absolute Gasteiger partial charge is 0.298 e. The fourth-order valence-corrected chi connectivity index (χ4v) is 5.74. The van der Waals surface area contributed by atoms with Crippen molar-refractivity contribution >= 4 is 23.0 Å². The maximum atomic E-state index is 13.2. The third-order valence-corrected chi connectivity index (χ3v) is 7.38. The van der Waals surface area contributed by atoms with Crippen LogP contribution in [-0.2, 0) is 0 Å². The third-order valence-electron chi connectivity index (χ3n) is 7.38. The summed E-state index contributed by atoms with van der Waals surface area (Å²) in [5, 5.41) is 6.75. The molecule has 0 saturated carbocycles. The molecule has 7 heteroatoms. The van der Waals surface area contributed by atoms with Gasteiger partial charge in [-0.05, 0) is 58.7 Å². The van der Waals surface area contributed by atoms with Crippen molar-refractivity contribution in [3.05, 3.63) is 23.8 Å². The molecule has 0 radical (unpaired) electrons. The number of para-hydroxylation sites is 1. The molecule has 2 aromatic rings. The summed E-state index contributed by atoms with van der Waals surface area (Å²) in [4.78, 5) is 22.7. The summed E-state index contributed by atoms with van der Waals surface area (Å²) in [7, 11) is 2.24. The van der Waals surface area contributed by atoms with Crippen LogP contribution in [0.2, 0.25) is 0 Å². The molecule has 1 aromatic heterocycles. The van der Waals surface area contributed by atoms with E-state index in [0.717, 1.165) is 25.9 Å². The second kappa shape index (κ2) is 7.85. The van der Waals surface area contributed by atoms with E-state index in [4.69, 9.17) is 9.40 Å². The number of anilines is 1. The summed E-state index contributed by atoms with van der Waals surface area (Å²) < 4.78 is 6.10. The lowest BCUT2D eigenvalue weighted by molar-refractivity contribution is 0.0463. The van der Waals surface area contributed by atoms with E-state index in [1.807, 2.05) is 18.2 Å². The van der Waals surface area contributed by atoms with Gasteiger partial charge in [0.05, 0.1) is 5.56 Å². The number of hydrogen-bond donors (Lipinski definition) is 2. The van der Waals surface area contributed by atoms with Crippen LogP contribution in [0.5, 0.6) is 0 Å². The molecule has 162 valence electrons. The van der Waals surface area contributed by atoms with E-state index in [9.17, 15) is 4.79 Å². The van der Waals surface area contributed by atoms with Crippen LogP contribution in [0.3, 0.4) is 0 Å². The topological polar surface area (TPSA) is 73.6 Å². The minimum atomic E-state index is -0.0329.